The van der Waals surface area contributed by atoms with Crippen LogP contribution < -0.4 is 15.8 Å². The van der Waals surface area contributed by atoms with Gasteiger partial charge in [0.05, 0.1) is 6.54 Å². The molecule has 0 amide bonds. The SMILES string of the molecule is N=C(N)OC(=N)CNC1CC1c1ccc(OCc2ccccc2F)cc1. The van der Waals surface area contributed by atoms with Gasteiger partial charge < -0.3 is 20.5 Å². The van der Waals surface area contributed by atoms with E-state index < -0.39 is 6.02 Å². The topological polar surface area (TPSA) is 104 Å². The lowest BCUT2D eigenvalue weighted by molar-refractivity contribution is 0.300. The van der Waals surface area contributed by atoms with Gasteiger partial charge in [0.2, 0.25) is 5.90 Å². The van der Waals surface area contributed by atoms with Gasteiger partial charge in [0, 0.05) is 17.5 Å². The fraction of sp³-hybridized carbons (Fsp3) is 0.263. The number of hydrogen-bond acceptors (Lipinski definition) is 5. The Hall–Kier alpha value is -2.93. The van der Waals surface area contributed by atoms with E-state index in [0.29, 0.717) is 17.2 Å². The van der Waals surface area contributed by atoms with Crippen LogP contribution in [0.4, 0.5) is 4.39 Å². The van der Waals surface area contributed by atoms with Gasteiger partial charge in [-0.2, -0.15) is 0 Å². The summed E-state index contributed by atoms with van der Waals surface area (Å²) < 4.78 is 23.9. The van der Waals surface area contributed by atoms with Crippen molar-refractivity contribution in [1.82, 2.24) is 5.32 Å². The molecule has 0 aromatic heterocycles. The van der Waals surface area contributed by atoms with Crippen molar-refractivity contribution < 1.29 is 13.9 Å². The molecular weight excluding hydrogens is 335 g/mol. The van der Waals surface area contributed by atoms with Crippen molar-refractivity contribution in [3.05, 3.63) is 65.5 Å². The molecule has 0 aliphatic heterocycles. The Morgan fingerprint density at radius 2 is 1.88 bits per heavy atom. The van der Waals surface area contributed by atoms with Gasteiger partial charge in [0.1, 0.15) is 18.2 Å². The lowest BCUT2D eigenvalue weighted by Gasteiger charge is -2.09. The maximum atomic E-state index is 13.6. The highest BCUT2D eigenvalue weighted by molar-refractivity contribution is 5.87. The molecule has 0 radical (unpaired) electrons. The van der Waals surface area contributed by atoms with Crippen LogP contribution in [0.1, 0.15) is 23.5 Å². The van der Waals surface area contributed by atoms with E-state index in [0.717, 1.165) is 6.42 Å². The first-order valence-electron chi connectivity index (χ1n) is 8.32. The molecule has 6 nitrogen and oxygen atoms in total. The van der Waals surface area contributed by atoms with Gasteiger partial charge in [-0.3, -0.25) is 10.8 Å². The number of nitrogens with two attached hydrogens (primary N) is 1. The zero-order valence-corrected chi connectivity index (χ0v) is 14.2. The van der Waals surface area contributed by atoms with E-state index in [1.807, 2.05) is 24.3 Å². The number of benzene rings is 2. The molecule has 5 N–H and O–H groups in total. The Kier molecular flexibility index (Phi) is 5.48. The average Bonchev–Trinajstić information content (AvgIpc) is 3.39. The zero-order valence-electron chi connectivity index (χ0n) is 14.2. The van der Waals surface area contributed by atoms with Crippen molar-refractivity contribution in [2.24, 2.45) is 5.73 Å². The molecular formula is C19H21FN4O2. The molecule has 2 aromatic rings. The van der Waals surface area contributed by atoms with Gasteiger partial charge in [0.15, 0.2) is 0 Å². The van der Waals surface area contributed by atoms with Gasteiger partial charge >= 0.3 is 0 Å². The normalized spacial score (nSPS) is 18.2. The number of nitrogens with one attached hydrogen (secondary N) is 3. The van der Waals surface area contributed by atoms with Crippen LogP contribution in [0, 0.1) is 16.6 Å². The predicted octanol–water partition coefficient (Wildman–Crippen LogP) is 2.74. The quantitative estimate of drug-likeness (QED) is 0.452. The Balaban J connectivity index is 1.46. The van der Waals surface area contributed by atoms with Crippen molar-refractivity contribution in [2.45, 2.75) is 25.0 Å². The summed E-state index contributed by atoms with van der Waals surface area (Å²) in [6.45, 7) is 0.433. The highest BCUT2D eigenvalue weighted by atomic mass is 19.1. The van der Waals surface area contributed by atoms with Crippen LogP contribution in [0.3, 0.4) is 0 Å². The molecule has 7 heteroatoms. The minimum absolute atomic E-state index is 0.0694. The molecule has 2 atom stereocenters. The monoisotopic (exact) mass is 356 g/mol. The molecule has 0 saturated heterocycles. The van der Waals surface area contributed by atoms with E-state index in [1.54, 1.807) is 18.2 Å². The molecule has 2 aromatic carbocycles. The third-order valence-corrected chi connectivity index (χ3v) is 4.21. The minimum atomic E-state index is -0.477. The number of halogens is 1. The molecule has 2 unspecified atom stereocenters. The van der Waals surface area contributed by atoms with E-state index in [2.05, 4.69) is 5.32 Å². The second-order valence-electron chi connectivity index (χ2n) is 6.17. The summed E-state index contributed by atoms with van der Waals surface area (Å²) in [6.07, 6.45) is 0.975. The lowest BCUT2D eigenvalue weighted by Crippen LogP contribution is -2.30. The van der Waals surface area contributed by atoms with E-state index in [1.165, 1.54) is 11.6 Å². The van der Waals surface area contributed by atoms with Gasteiger partial charge in [-0.15, -0.1) is 0 Å². The molecule has 1 aliphatic carbocycles. The Labute approximate surface area is 151 Å². The fourth-order valence-electron chi connectivity index (χ4n) is 2.77. The molecule has 1 aliphatic rings. The van der Waals surface area contributed by atoms with Crippen LogP contribution >= 0.6 is 0 Å². The van der Waals surface area contributed by atoms with E-state index in [-0.39, 0.29) is 30.9 Å². The standard InChI is InChI=1S/C19H21FN4O2/c20-16-4-2-1-3-13(16)11-25-14-7-5-12(6-8-14)15-9-17(15)24-10-18(21)26-19(22)23/h1-8,15,17,21,24H,9-11H2,(H3,22,23). The third-order valence-electron chi connectivity index (χ3n) is 4.21. The third kappa shape index (κ3) is 4.80. The number of hydrogen-bond donors (Lipinski definition) is 4. The van der Waals surface area contributed by atoms with E-state index >= 15 is 0 Å². The lowest BCUT2D eigenvalue weighted by atomic mass is 10.1. The zero-order chi connectivity index (χ0) is 18.5. The van der Waals surface area contributed by atoms with Crippen LogP contribution in [0.2, 0.25) is 0 Å². The van der Waals surface area contributed by atoms with Gasteiger partial charge in [-0.1, -0.05) is 30.3 Å². The Morgan fingerprint density at radius 1 is 1.15 bits per heavy atom. The smallest absolute Gasteiger partial charge is 0.285 e. The highest BCUT2D eigenvalue weighted by Gasteiger charge is 2.38. The first kappa shape index (κ1) is 17.9. The Morgan fingerprint density at radius 3 is 2.58 bits per heavy atom. The summed E-state index contributed by atoms with van der Waals surface area (Å²) in [4.78, 5) is 0. The molecule has 1 fully saturated rings. The average molecular weight is 356 g/mol. The summed E-state index contributed by atoms with van der Waals surface area (Å²) >= 11 is 0. The van der Waals surface area contributed by atoms with Crippen LogP contribution in [0.15, 0.2) is 48.5 Å². The summed E-state index contributed by atoms with van der Waals surface area (Å²) in [7, 11) is 0. The van der Waals surface area contributed by atoms with Crippen LogP contribution in [-0.2, 0) is 11.3 Å². The summed E-state index contributed by atoms with van der Waals surface area (Å²) in [5.41, 5.74) is 6.78. The van der Waals surface area contributed by atoms with E-state index in [9.17, 15) is 4.39 Å². The maximum absolute atomic E-state index is 13.6. The molecule has 0 bridgehead atoms. The fourth-order valence-corrected chi connectivity index (χ4v) is 2.77. The van der Waals surface area contributed by atoms with Crippen molar-refractivity contribution in [2.75, 3.05) is 6.54 Å². The van der Waals surface area contributed by atoms with Crippen LogP contribution in [-0.4, -0.2) is 24.5 Å². The highest BCUT2D eigenvalue weighted by Crippen LogP contribution is 2.41. The largest absolute Gasteiger partial charge is 0.489 e. The molecule has 26 heavy (non-hydrogen) atoms. The van der Waals surface area contributed by atoms with Gasteiger partial charge in [-0.05, 0) is 30.2 Å². The van der Waals surface area contributed by atoms with Crippen molar-refractivity contribution in [3.63, 3.8) is 0 Å². The van der Waals surface area contributed by atoms with Crippen LogP contribution in [0.25, 0.3) is 0 Å². The summed E-state index contributed by atoms with van der Waals surface area (Å²) in [5, 5.41) is 17.7. The summed E-state index contributed by atoms with van der Waals surface area (Å²) in [5.74, 6) is 0.731. The second-order valence-corrected chi connectivity index (χ2v) is 6.17. The molecule has 0 spiro atoms. The first-order valence-corrected chi connectivity index (χ1v) is 8.32. The van der Waals surface area contributed by atoms with Gasteiger partial charge in [-0.25, -0.2) is 4.39 Å². The first-order chi connectivity index (χ1) is 12.5. The molecule has 136 valence electrons. The van der Waals surface area contributed by atoms with Crippen LogP contribution in [0.5, 0.6) is 5.75 Å². The molecule has 0 heterocycles. The second kappa shape index (κ2) is 7.97. The van der Waals surface area contributed by atoms with Crippen molar-refractivity contribution >= 4 is 11.9 Å². The maximum Gasteiger partial charge on any atom is 0.285 e. The number of amidine groups is 1. The Bertz CT molecular complexity index is 794. The predicted molar refractivity (Wildman–Crippen MR) is 97.0 cm³/mol. The number of rotatable bonds is 7. The molecule has 1 saturated carbocycles. The van der Waals surface area contributed by atoms with Crippen molar-refractivity contribution in [3.8, 4) is 5.75 Å². The van der Waals surface area contributed by atoms with Gasteiger partial charge in [0.25, 0.3) is 6.02 Å². The number of ether oxygens (including phenoxy) is 2. The van der Waals surface area contributed by atoms with Crippen molar-refractivity contribution in [1.29, 1.82) is 10.8 Å². The minimum Gasteiger partial charge on any atom is -0.489 e. The molecule has 3 rings (SSSR count). The van der Waals surface area contributed by atoms with E-state index in [4.69, 9.17) is 26.0 Å². The summed E-state index contributed by atoms with van der Waals surface area (Å²) in [6, 6.07) is 14.1.